The highest BCUT2D eigenvalue weighted by atomic mass is 16.7. The maximum absolute atomic E-state index is 11.4. The van der Waals surface area contributed by atoms with Gasteiger partial charge in [0.05, 0.1) is 19.3 Å². The van der Waals surface area contributed by atoms with Crippen LogP contribution < -0.4 is 0 Å². The minimum absolute atomic E-state index is 0.391. The predicted molar refractivity (Wildman–Crippen MR) is 103 cm³/mol. The summed E-state index contributed by atoms with van der Waals surface area (Å²) >= 11 is 0. The molecule has 0 aromatic rings. The summed E-state index contributed by atoms with van der Waals surface area (Å²) in [5, 5.41) is 81.5. The van der Waals surface area contributed by atoms with Crippen LogP contribution >= 0.6 is 0 Å². The Balaban J connectivity index is 1.77. The lowest BCUT2D eigenvalue weighted by molar-refractivity contribution is -0.373. The Labute approximate surface area is 193 Å². The summed E-state index contributed by atoms with van der Waals surface area (Å²) in [6, 6.07) is 0. The Kier molecular flexibility index (Phi) is 9.18. The first-order valence-electron chi connectivity index (χ1n) is 10.7. The number of carbonyl (C=O) groups is 1. The molecule has 0 saturated carbocycles. The molecule has 8 N–H and O–H groups in total. The van der Waals surface area contributed by atoms with Crippen LogP contribution in [0.5, 0.6) is 0 Å². The second-order valence-corrected chi connectivity index (χ2v) is 8.45. The van der Waals surface area contributed by atoms with Crippen LogP contribution in [0.25, 0.3) is 0 Å². The predicted octanol–water partition coefficient (Wildman–Crippen LogP) is -5.34. The third-order valence-corrected chi connectivity index (χ3v) is 5.93. The van der Waals surface area contributed by atoms with E-state index < -0.39 is 105 Å². The van der Waals surface area contributed by atoms with E-state index in [1.165, 1.54) is 6.92 Å². The standard InChI is InChI=1S/C19H32O15/c1-5-9(23)15(31-6(2)21)12(26)18(30-5)34-16-10(24)8(3-20)32-19(13(16)27)33-14-7(22)4-29-17(28)11(14)25/h5,7-20,22-28H,3-4H2,1-2H3/t5-,7-,8+,9-,10+,11+,12+,13+,14-,15+,16-,17+,18-,19-/m0/s1. The molecule has 14 atom stereocenters. The van der Waals surface area contributed by atoms with Crippen molar-refractivity contribution in [1.29, 1.82) is 0 Å². The van der Waals surface area contributed by atoms with Crippen LogP contribution in [0.15, 0.2) is 0 Å². The summed E-state index contributed by atoms with van der Waals surface area (Å²) in [6.07, 6.45) is -21.6. The lowest BCUT2D eigenvalue weighted by Crippen LogP contribution is -2.66. The highest BCUT2D eigenvalue weighted by molar-refractivity contribution is 5.66. The van der Waals surface area contributed by atoms with Crippen LogP contribution in [0.3, 0.4) is 0 Å². The van der Waals surface area contributed by atoms with Crippen LogP contribution in [0, 0.1) is 0 Å². The third kappa shape index (κ3) is 5.67. The van der Waals surface area contributed by atoms with E-state index in [2.05, 4.69) is 0 Å². The van der Waals surface area contributed by atoms with Gasteiger partial charge < -0.3 is 69.3 Å². The number of hydrogen-bond acceptors (Lipinski definition) is 15. The zero-order valence-electron chi connectivity index (χ0n) is 18.4. The normalized spacial score (nSPS) is 50.1. The highest BCUT2D eigenvalue weighted by Gasteiger charge is 2.53. The van der Waals surface area contributed by atoms with Gasteiger partial charge >= 0.3 is 5.97 Å². The molecule has 198 valence electrons. The molecule has 0 radical (unpaired) electrons. The molecule has 3 aliphatic rings. The van der Waals surface area contributed by atoms with Crippen molar-refractivity contribution in [3.8, 4) is 0 Å². The maximum atomic E-state index is 11.4. The fourth-order valence-electron chi connectivity index (χ4n) is 4.03. The van der Waals surface area contributed by atoms with Gasteiger partial charge in [0.15, 0.2) is 25.0 Å². The number of ether oxygens (including phenoxy) is 6. The summed E-state index contributed by atoms with van der Waals surface area (Å²) in [7, 11) is 0. The third-order valence-electron chi connectivity index (χ3n) is 5.93. The summed E-state index contributed by atoms with van der Waals surface area (Å²) in [6.45, 7) is 1.35. The van der Waals surface area contributed by atoms with Crippen molar-refractivity contribution in [2.45, 2.75) is 99.9 Å². The molecule has 0 aliphatic carbocycles. The van der Waals surface area contributed by atoms with E-state index in [1.807, 2.05) is 0 Å². The highest BCUT2D eigenvalue weighted by Crippen LogP contribution is 2.32. The van der Waals surface area contributed by atoms with Crippen molar-refractivity contribution in [2.75, 3.05) is 13.2 Å². The van der Waals surface area contributed by atoms with E-state index in [4.69, 9.17) is 28.4 Å². The van der Waals surface area contributed by atoms with Crippen molar-refractivity contribution < 1.29 is 74.1 Å². The van der Waals surface area contributed by atoms with Crippen LogP contribution in [0.2, 0.25) is 0 Å². The van der Waals surface area contributed by atoms with Gasteiger partial charge in [-0.15, -0.1) is 0 Å². The molecule has 34 heavy (non-hydrogen) atoms. The number of hydrogen-bond donors (Lipinski definition) is 8. The second kappa shape index (κ2) is 11.3. The molecule has 15 nitrogen and oxygen atoms in total. The van der Waals surface area contributed by atoms with Crippen molar-refractivity contribution in [3.05, 3.63) is 0 Å². The molecule has 3 aliphatic heterocycles. The van der Waals surface area contributed by atoms with Gasteiger partial charge in [-0.1, -0.05) is 0 Å². The minimum atomic E-state index is -1.82. The molecule has 0 unspecified atom stereocenters. The lowest BCUT2D eigenvalue weighted by atomic mass is 9.96. The summed E-state index contributed by atoms with van der Waals surface area (Å²) in [4.78, 5) is 11.4. The first-order chi connectivity index (χ1) is 16.0. The first kappa shape index (κ1) is 27.5. The summed E-state index contributed by atoms with van der Waals surface area (Å²) < 4.78 is 31.5. The SMILES string of the molecule is CC(=O)O[C@@H]1[C@@H](O)[C@H](C)O[C@@H](O[C@@H]2[C@@H](O)[C@H](O[C@@H]3[C@@H](O)[C@H](O)OC[C@@H]3O)O[C@H](CO)[C@H]2O)[C@@H]1O. The van der Waals surface area contributed by atoms with E-state index in [-0.39, 0.29) is 0 Å². The Morgan fingerprint density at radius 3 is 2.03 bits per heavy atom. The van der Waals surface area contributed by atoms with E-state index in [9.17, 15) is 45.6 Å². The molecule has 3 heterocycles. The number of aliphatic hydroxyl groups excluding tert-OH is 8. The van der Waals surface area contributed by atoms with Gasteiger partial charge in [0.1, 0.15) is 54.9 Å². The largest absolute Gasteiger partial charge is 0.457 e. The van der Waals surface area contributed by atoms with Gasteiger partial charge in [-0.25, -0.2) is 0 Å². The van der Waals surface area contributed by atoms with Crippen molar-refractivity contribution in [2.24, 2.45) is 0 Å². The van der Waals surface area contributed by atoms with Gasteiger partial charge in [0.25, 0.3) is 0 Å². The number of carbonyl (C=O) groups excluding carboxylic acids is 1. The number of esters is 1. The summed E-state index contributed by atoms with van der Waals surface area (Å²) in [5.74, 6) is -0.786. The van der Waals surface area contributed by atoms with Gasteiger partial charge in [-0.05, 0) is 6.92 Å². The first-order valence-corrected chi connectivity index (χ1v) is 10.7. The topological polar surface area (TPSA) is 234 Å². The smallest absolute Gasteiger partial charge is 0.303 e. The molecule has 0 amide bonds. The van der Waals surface area contributed by atoms with E-state index in [0.29, 0.717) is 0 Å². The fourth-order valence-corrected chi connectivity index (χ4v) is 4.03. The van der Waals surface area contributed by atoms with Crippen molar-refractivity contribution in [3.63, 3.8) is 0 Å². The molecule has 15 heteroatoms. The monoisotopic (exact) mass is 500 g/mol. The zero-order chi connectivity index (χ0) is 25.3. The molecular weight excluding hydrogens is 468 g/mol. The second-order valence-electron chi connectivity index (χ2n) is 8.45. The quantitative estimate of drug-likeness (QED) is 0.159. The van der Waals surface area contributed by atoms with Gasteiger partial charge in [0.2, 0.25) is 0 Å². The van der Waals surface area contributed by atoms with Gasteiger partial charge in [-0.3, -0.25) is 4.79 Å². The minimum Gasteiger partial charge on any atom is -0.457 e. The molecular formula is C19H32O15. The van der Waals surface area contributed by atoms with Crippen LogP contribution in [0.1, 0.15) is 13.8 Å². The average molecular weight is 500 g/mol. The van der Waals surface area contributed by atoms with Gasteiger partial charge in [-0.2, -0.15) is 0 Å². The lowest BCUT2D eigenvalue weighted by Gasteiger charge is -2.47. The molecule has 3 saturated heterocycles. The Bertz CT molecular complexity index is 680. The van der Waals surface area contributed by atoms with E-state index in [1.54, 1.807) is 0 Å². The summed E-state index contributed by atoms with van der Waals surface area (Å²) in [5.41, 5.74) is 0. The molecule has 3 fully saturated rings. The van der Waals surface area contributed by atoms with Crippen LogP contribution in [0.4, 0.5) is 0 Å². The molecule has 0 spiro atoms. The van der Waals surface area contributed by atoms with Crippen LogP contribution in [-0.4, -0.2) is 146 Å². The van der Waals surface area contributed by atoms with E-state index in [0.717, 1.165) is 6.92 Å². The maximum Gasteiger partial charge on any atom is 0.303 e. The number of aliphatic hydroxyl groups is 8. The zero-order valence-corrected chi connectivity index (χ0v) is 18.4. The molecule has 0 aromatic carbocycles. The molecule has 0 bridgehead atoms. The van der Waals surface area contributed by atoms with Crippen molar-refractivity contribution >= 4 is 5.97 Å². The molecule has 3 rings (SSSR count). The Morgan fingerprint density at radius 2 is 1.41 bits per heavy atom. The fraction of sp³-hybridized carbons (Fsp3) is 0.947. The Morgan fingerprint density at radius 1 is 0.824 bits per heavy atom. The molecule has 0 aromatic heterocycles. The Hall–Kier alpha value is -1.05. The van der Waals surface area contributed by atoms with E-state index >= 15 is 0 Å². The number of rotatable bonds is 6. The van der Waals surface area contributed by atoms with Crippen molar-refractivity contribution in [1.82, 2.24) is 0 Å². The average Bonchev–Trinajstić information content (AvgIpc) is 2.78. The van der Waals surface area contributed by atoms with Gasteiger partial charge in [0, 0.05) is 6.92 Å². The van der Waals surface area contributed by atoms with Crippen LogP contribution in [-0.2, 0) is 33.2 Å².